The smallest absolute Gasteiger partial charge is 0.270 e. The summed E-state index contributed by atoms with van der Waals surface area (Å²) in [7, 11) is 1.57. The van der Waals surface area contributed by atoms with E-state index in [0.29, 0.717) is 12.5 Å². The number of likely N-dealkylation sites (N-methyl/N-ethyl adjacent to an activating group) is 1. The van der Waals surface area contributed by atoms with Crippen molar-refractivity contribution in [2.75, 3.05) is 13.1 Å². The molecule has 1 heterocycles. The number of thiophene rings is 1. The predicted octanol–water partition coefficient (Wildman–Crippen LogP) is 3.11. The number of rotatable bonds is 7. The fourth-order valence-corrected chi connectivity index (χ4v) is 3.87. The normalized spacial score (nSPS) is 13.2. The number of carbonyl (C=O) groups excluding carboxylic acids is 1. The lowest BCUT2D eigenvalue weighted by Gasteiger charge is -2.23. The van der Waals surface area contributed by atoms with Gasteiger partial charge in [-0.1, -0.05) is 20.3 Å². The number of amides is 1. The molecule has 1 amide bonds. The second-order valence-corrected chi connectivity index (χ2v) is 8.74. The maximum atomic E-state index is 12.2. The minimum atomic E-state index is -3.70. The average molecular weight is 338 g/mol. The van der Waals surface area contributed by atoms with Gasteiger partial charge in [-0.2, -0.15) is 0 Å². The Morgan fingerprint density at radius 1 is 1.40 bits per heavy atom. The molecule has 0 bridgehead atoms. The molecule has 0 aliphatic rings. The van der Waals surface area contributed by atoms with Crippen LogP contribution in [0.2, 0.25) is 0 Å². The van der Waals surface area contributed by atoms with E-state index in [1.165, 1.54) is 6.07 Å². The lowest BCUT2D eigenvalue weighted by atomic mass is 10.1. The van der Waals surface area contributed by atoms with Crippen LogP contribution in [0.15, 0.2) is 16.3 Å². The molecule has 0 saturated heterocycles. The number of carbonyl (C=O) groups is 1. The Hall–Kier alpha value is -0.590. The van der Waals surface area contributed by atoms with Crippen molar-refractivity contribution in [1.82, 2.24) is 4.90 Å². The lowest BCUT2D eigenvalue weighted by molar-refractivity contribution is -0.130. The zero-order valence-electron chi connectivity index (χ0n) is 11.9. The first-order chi connectivity index (χ1) is 9.27. The number of hydrogen-bond donors (Lipinski definition) is 0. The van der Waals surface area contributed by atoms with E-state index < -0.39 is 9.05 Å². The number of halogens is 1. The minimum absolute atomic E-state index is 0.0215. The van der Waals surface area contributed by atoms with Crippen LogP contribution in [0.3, 0.4) is 0 Å². The molecule has 4 nitrogen and oxygen atoms in total. The van der Waals surface area contributed by atoms with Crippen molar-refractivity contribution < 1.29 is 13.2 Å². The molecule has 0 radical (unpaired) electrons. The van der Waals surface area contributed by atoms with Crippen LogP contribution in [0.1, 0.15) is 32.1 Å². The van der Waals surface area contributed by atoms with Crippen LogP contribution in [0.5, 0.6) is 0 Å². The second kappa shape index (κ2) is 7.43. The van der Waals surface area contributed by atoms with E-state index in [-0.39, 0.29) is 16.5 Å². The monoisotopic (exact) mass is 337 g/mol. The maximum Gasteiger partial charge on any atom is 0.270 e. The number of hydrogen-bond acceptors (Lipinski definition) is 4. The molecule has 0 spiro atoms. The van der Waals surface area contributed by atoms with E-state index in [9.17, 15) is 13.2 Å². The summed E-state index contributed by atoms with van der Waals surface area (Å²) in [5.74, 6) is 0.481. The molecule has 114 valence electrons. The van der Waals surface area contributed by atoms with Crippen molar-refractivity contribution in [3.05, 3.63) is 17.0 Å². The Balaban J connectivity index is 2.71. The van der Waals surface area contributed by atoms with Gasteiger partial charge in [-0.3, -0.25) is 4.79 Å². The number of nitrogens with zero attached hydrogens (tertiary/aromatic N) is 1. The summed E-state index contributed by atoms with van der Waals surface area (Å²) in [4.78, 5) is 14.7. The molecule has 0 N–H and O–H groups in total. The first kappa shape index (κ1) is 17.5. The predicted molar refractivity (Wildman–Crippen MR) is 82.8 cm³/mol. The van der Waals surface area contributed by atoms with Crippen LogP contribution in [-0.4, -0.2) is 32.3 Å². The summed E-state index contributed by atoms with van der Waals surface area (Å²) < 4.78 is 22.5. The van der Waals surface area contributed by atoms with Crippen LogP contribution in [0, 0.1) is 5.92 Å². The molecule has 0 saturated carbocycles. The van der Waals surface area contributed by atoms with Gasteiger partial charge in [0, 0.05) is 28.6 Å². The van der Waals surface area contributed by atoms with Crippen molar-refractivity contribution in [3.63, 3.8) is 0 Å². The van der Waals surface area contributed by atoms with Gasteiger partial charge >= 0.3 is 0 Å². The van der Waals surface area contributed by atoms with Gasteiger partial charge in [0.15, 0.2) is 0 Å². The highest BCUT2D eigenvalue weighted by Crippen LogP contribution is 2.25. The Morgan fingerprint density at radius 2 is 2.05 bits per heavy atom. The Kier molecular flexibility index (Phi) is 6.48. The van der Waals surface area contributed by atoms with Gasteiger partial charge in [0.25, 0.3) is 9.05 Å². The van der Waals surface area contributed by atoms with Crippen LogP contribution in [0.25, 0.3) is 0 Å². The molecular formula is C13H20ClNO3S2. The summed E-state index contributed by atoms with van der Waals surface area (Å²) in [6.07, 6.45) is 1.25. The zero-order valence-corrected chi connectivity index (χ0v) is 14.3. The summed E-state index contributed by atoms with van der Waals surface area (Å²) in [5.41, 5.74) is 0. The summed E-state index contributed by atoms with van der Waals surface area (Å²) in [6, 6.07) is 3.09. The van der Waals surface area contributed by atoms with Crippen molar-refractivity contribution in [1.29, 1.82) is 0 Å². The topological polar surface area (TPSA) is 54.5 Å². The molecule has 0 fully saturated rings. The van der Waals surface area contributed by atoms with E-state index in [2.05, 4.69) is 13.8 Å². The first-order valence-corrected chi connectivity index (χ1v) is 9.71. The van der Waals surface area contributed by atoms with Crippen molar-refractivity contribution in [3.8, 4) is 0 Å². The van der Waals surface area contributed by atoms with E-state index >= 15 is 0 Å². The molecule has 0 aliphatic heterocycles. The van der Waals surface area contributed by atoms with Crippen molar-refractivity contribution in [2.24, 2.45) is 5.92 Å². The average Bonchev–Trinajstić information content (AvgIpc) is 2.83. The molecule has 0 aromatic carbocycles. The fraction of sp³-hybridized carbons (Fsp3) is 0.615. The van der Waals surface area contributed by atoms with Crippen LogP contribution < -0.4 is 0 Å². The SMILES string of the molecule is CCC(C)CN(CC)C(=O)Cc1ccc(S(=O)(=O)Cl)s1. The third kappa shape index (κ3) is 5.07. The van der Waals surface area contributed by atoms with Gasteiger partial charge in [-0.05, 0) is 25.0 Å². The van der Waals surface area contributed by atoms with E-state index in [0.717, 1.165) is 29.2 Å². The highest BCUT2D eigenvalue weighted by atomic mass is 35.7. The molecule has 7 heteroatoms. The molecule has 1 unspecified atom stereocenters. The summed E-state index contributed by atoms with van der Waals surface area (Å²) in [5, 5.41) is 0. The Labute approximate surface area is 129 Å². The van der Waals surface area contributed by atoms with Crippen LogP contribution >= 0.6 is 22.0 Å². The van der Waals surface area contributed by atoms with Gasteiger partial charge in [0.1, 0.15) is 4.21 Å². The fourth-order valence-electron chi connectivity index (χ4n) is 1.76. The Bertz CT molecular complexity index is 554. The van der Waals surface area contributed by atoms with E-state index in [1.807, 2.05) is 11.8 Å². The molecule has 20 heavy (non-hydrogen) atoms. The quantitative estimate of drug-likeness (QED) is 0.718. The minimum Gasteiger partial charge on any atom is -0.342 e. The molecule has 0 aliphatic carbocycles. The Morgan fingerprint density at radius 3 is 2.50 bits per heavy atom. The highest BCUT2D eigenvalue weighted by molar-refractivity contribution is 8.15. The van der Waals surface area contributed by atoms with Crippen molar-refractivity contribution >= 4 is 37.0 Å². The third-order valence-corrected chi connectivity index (χ3v) is 6.34. The third-order valence-electron chi connectivity index (χ3n) is 3.17. The molecular weight excluding hydrogens is 318 g/mol. The lowest BCUT2D eigenvalue weighted by Crippen LogP contribution is -2.35. The van der Waals surface area contributed by atoms with Gasteiger partial charge in [-0.15, -0.1) is 11.3 Å². The largest absolute Gasteiger partial charge is 0.342 e. The zero-order chi connectivity index (χ0) is 15.3. The van der Waals surface area contributed by atoms with Crippen LogP contribution in [0.4, 0.5) is 0 Å². The van der Waals surface area contributed by atoms with E-state index in [1.54, 1.807) is 6.07 Å². The molecule has 1 rings (SSSR count). The molecule has 1 atom stereocenters. The molecule has 1 aromatic rings. The molecule has 1 aromatic heterocycles. The van der Waals surface area contributed by atoms with Gasteiger partial charge < -0.3 is 4.90 Å². The maximum absolute atomic E-state index is 12.2. The summed E-state index contributed by atoms with van der Waals surface area (Å²) in [6.45, 7) is 7.55. The summed E-state index contributed by atoms with van der Waals surface area (Å²) >= 11 is 1.05. The highest BCUT2D eigenvalue weighted by Gasteiger charge is 2.18. The van der Waals surface area contributed by atoms with E-state index in [4.69, 9.17) is 10.7 Å². The van der Waals surface area contributed by atoms with Gasteiger partial charge in [-0.25, -0.2) is 8.42 Å². The second-order valence-electron chi connectivity index (χ2n) is 4.78. The first-order valence-electron chi connectivity index (χ1n) is 6.59. The van der Waals surface area contributed by atoms with Gasteiger partial charge in [0.05, 0.1) is 6.42 Å². The van der Waals surface area contributed by atoms with Crippen LogP contribution in [-0.2, 0) is 20.3 Å². The van der Waals surface area contributed by atoms with Crippen molar-refractivity contribution in [2.45, 2.75) is 37.8 Å². The van der Waals surface area contributed by atoms with Gasteiger partial charge in [0.2, 0.25) is 5.91 Å². The standard InChI is InChI=1S/C13H20ClNO3S2/c1-4-10(3)9-15(5-2)12(16)8-11-6-7-13(19-11)20(14,17)18/h6-7,10H,4-5,8-9H2,1-3H3.